The van der Waals surface area contributed by atoms with Crippen LogP contribution in [0, 0.1) is 0 Å². The van der Waals surface area contributed by atoms with Crippen LogP contribution in [-0.2, 0) is 17.1 Å². The number of aryl methyl sites for hydroxylation is 1. The largest absolute Gasteiger partial charge is 0.307 e. The lowest BCUT2D eigenvalue weighted by Gasteiger charge is -2.10. The minimum atomic E-state index is -3.80. The molecule has 19 heavy (non-hydrogen) atoms. The molecule has 4 N–H and O–H groups in total. The summed E-state index contributed by atoms with van der Waals surface area (Å²) < 4.78 is 28.9. The summed E-state index contributed by atoms with van der Waals surface area (Å²) >= 11 is 3.17. The molecular formula is C9H11BrN6O2S. The van der Waals surface area contributed by atoms with Crippen molar-refractivity contribution in [2.75, 3.05) is 10.1 Å². The van der Waals surface area contributed by atoms with Crippen molar-refractivity contribution in [3.05, 3.63) is 29.1 Å². The molecule has 0 amide bonds. The lowest BCUT2D eigenvalue weighted by atomic mass is 10.5. The second-order valence-electron chi connectivity index (χ2n) is 3.65. The van der Waals surface area contributed by atoms with Crippen molar-refractivity contribution in [1.82, 2.24) is 14.8 Å². The van der Waals surface area contributed by atoms with Gasteiger partial charge in [0.25, 0.3) is 10.0 Å². The van der Waals surface area contributed by atoms with E-state index in [9.17, 15) is 8.42 Å². The van der Waals surface area contributed by atoms with E-state index in [-0.39, 0.29) is 10.7 Å². The Labute approximate surface area is 118 Å². The molecule has 0 saturated carbocycles. The van der Waals surface area contributed by atoms with Crippen LogP contribution in [-0.4, -0.2) is 23.2 Å². The maximum Gasteiger partial charge on any atom is 0.265 e. The molecule has 0 unspecified atom stereocenters. The summed E-state index contributed by atoms with van der Waals surface area (Å²) in [5.74, 6) is 5.31. The van der Waals surface area contributed by atoms with Crippen molar-refractivity contribution < 1.29 is 8.42 Å². The number of sulfonamides is 1. The first-order valence-electron chi connectivity index (χ1n) is 5.06. The molecule has 0 aromatic carbocycles. The summed E-state index contributed by atoms with van der Waals surface area (Å²) in [6.45, 7) is 0. The van der Waals surface area contributed by atoms with E-state index in [0.717, 1.165) is 0 Å². The molecule has 2 heterocycles. The van der Waals surface area contributed by atoms with Crippen LogP contribution >= 0.6 is 15.9 Å². The number of hydrogen-bond acceptors (Lipinski definition) is 6. The molecule has 0 radical (unpaired) electrons. The Balaban J connectivity index is 2.41. The molecule has 0 atom stereocenters. The van der Waals surface area contributed by atoms with E-state index in [1.54, 1.807) is 13.2 Å². The summed E-state index contributed by atoms with van der Waals surface area (Å²) in [6.07, 6.45) is 4.38. The van der Waals surface area contributed by atoms with E-state index < -0.39 is 10.0 Å². The van der Waals surface area contributed by atoms with Crippen LogP contribution in [0.2, 0.25) is 0 Å². The second kappa shape index (κ2) is 5.15. The zero-order valence-electron chi connectivity index (χ0n) is 9.83. The van der Waals surface area contributed by atoms with Gasteiger partial charge >= 0.3 is 0 Å². The SMILES string of the molecule is Cn1cc(NS(=O)(=O)c2cc(Br)cnc2NN)cn1. The first-order valence-corrected chi connectivity index (χ1v) is 7.33. The number of nitrogen functional groups attached to an aromatic ring is 1. The third-order valence-corrected chi connectivity index (χ3v) is 4.03. The van der Waals surface area contributed by atoms with E-state index in [0.29, 0.717) is 10.2 Å². The van der Waals surface area contributed by atoms with E-state index >= 15 is 0 Å². The van der Waals surface area contributed by atoms with Crippen molar-refractivity contribution in [3.8, 4) is 0 Å². The summed E-state index contributed by atoms with van der Waals surface area (Å²) in [5.41, 5.74) is 2.60. The minimum absolute atomic E-state index is 0.0552. The van der Waals surface area contributed by atoms with Crippen LogP contribution in [0.15, 0.2) is 34.0 Å². The van der Waals surface area contributed by atoms with E-state index in [4.69, 9.17) is 5.84 Å². The summed E-state index contributed by atoms with van der Waals surface area (Å²) in [7, 11) is -2.12. The highest BCUT2D eigenvalue weighted by Gasteiger charge is 2.20. The molecule has 2 aromatic heterocycles. The Kier molecular flexibility index (Phi) is 3.73. The van der Waals surface area contributed by atoms with Crippen LogP contribution in [0.4, 0.5) is 11.5 Å². The maximum atomic E-state index is 12.2. The average molecular weight is 347 g/mol. The Hall–Kier alpha value is -1.65. The number of hydrogen-bond donors (Lipinski definition) is 3. The predicted octanol–water partition coefficient (Wildman–Crippen LogP) is 0.664. The maximum absolute atomic E-state index is 12.2. The van der Waals surface area contributed by atoms with Gasteiger partial charge in [-0.15, -0.1) is 0 Å². The zero-order valence-corrected chi connectivity index (χ0v) is 12.2. The van der Waals surface area contributed by atoms with Gasteiger partial charge in [-0.25, -0.2) is 19.2 Å². The van der Waals surface area contributed by atoms with Crippen molar-refractivity contribution >= 4 is 37.5 Å². The number of halogens is 1. The number of nitrogens with zero attached hydrogens (tertiary/aromatic N) is 3. The highest BCUT2D eigenvalue weighted by molar-refractivity contribution is 9.10. The smallest absolute Gasteiger partial charge is 0.265 e. The summed E-state index contributed by atoms with van der Waals surface area (Å²) in [4.78, 5) is 3.83. The number of nitrogens with one attached hydrogen (secondary N) is 2. The standard InChI is InChI=1S/C9H11BrN6O2S/c1-16-5-7(4-13-16)15-19(17,18)8-2-6(10)3-12-9(8)14-11/h2-5,15H,11H2,1H3,(H,12,14). The van der Waals surface area contributed by atoms with Crippen LogP contribution in [0.1, 0.15) is 0 Å². The molecular weight excluding hydrogens is 336 g/mol. The summed E-state index contributed by atoms with van der Waals surface area (Å²) in [6, 6.07) is 1.40. The third kappa shape index (κ3) is 3.03. The number of nitrogens with two attached hydrogens (primary N) is 1. The Morgan fingerprint density at radius 2 is 2.16 bits per heavy atom. The first-order chi connectivity index (χ1) is 8.92. The minimum Gasteiger partial charge on any atom is -0.307 e. The van der Waals surface area contributed by atoms with Gasteiger partial charge in [0.1, 0.15) is 4.90 Å². The normalized spacial score (nSPS) is 11.3. The molecule has 102 valence electrons. The molecule has 2 aromatic rings. The molecule has 0 bridgehead atoms. The molecule has 0 aliphatic carbocycles. The van der Waals surface area contributed by atoms with Crippen molar-refractivity contribution in [3.63, 3.8) is 0 Å². The van der Waals surface area contributed by atoms with Crippen LogP contribution in [0.25, 0.3) is 0 Å². The van der Waals surface area contributed by atoms with Gasteiger partial charge in [-0.1, -0.05) is 0 Å². The van der Waals surface area contributed by atoms with Gasteiger partial charge in [-0.2, -0.15) is 5.10 Å². The number of hydrazine groups is 1. The van der Waals surface area contributed by atoms with Gasteiger partial charge < -0.3 is 5.43 Å². The quantitative estimate of drug-likeness (QED) is 0.553. The summed E-state index contributed by atoms with van der Waals surface area (Å²) in [5, 5.41) is 3.88. The van der Waals surface area contributed by atoms with Gasteiger partial charge in [-0.3, -0.25) is 9.40 Å². The van der Waals surface area contributed by atoms with Crippen molar-refractivity contribution in [1.29, 1.82) is 0 Å². The highest BCUT2D eigenvalue weighted by Crippen LogP contribution is 2.24. The Morgan fingerprint density at radius 3 is 2.74 bits per heavy atom. The van der Waals surface area contributed by atoms with Gasteiger partial charge in [0.15, 0.2) is 5.82 Å². The van der Waals surface area contributed by atoms with E-state index in [1.165, 1.54) is 23.1 Å². The molecule has 8 nitrogen and oxygen atoms in total. The van der Waals surface area contributed by atoms with Gasteiger partial charge in [0.05, 0.1) is 11.9 Å². The molecule has 0 saturated heterocycles. The second-order valence-corrected chi connectivity index (χ2v) is 6.22. The Morgan fingerprint density at radius 1 is 1.42 bits per heavy atom. The lowest BCUT2D eigenvalue weighted by Crippen LogP contribution is -2.18. The van der Waals surface area contributed by atoms with Gasteiger partial charge in [-0.05, 0) is 22.0 Å². The number of pyridine rings is 1. The van der Waals surface area contributed by atoms with Gasteiger partial charge in [0.2, 0.25) is 0 Å². The number of aromatic nitrogens is 3. The molecule has 0 spiro atoms. The fraction of sp³-hybridized carbons (Fsp3) is 0.111. The molecule has 0 aliphatic rings. The van der Waals surface area contributed by atoms with Crippen LogP contribution in [0.3, 0.4) is 0 Å². The topological polar surface area (TPSA) is 115 Å². The molecule has 0 fully saturated rings. The molecule has 0 aliphatic heterocycles. The monoisotopic (exact) mass is 346 g/mol. The van der Waals surface area contributed by atoms with E-state index in [2.05, 4.69) is 36.2 Å². The number of rotatable bonds is 4. The Bertz CT molecular complexity index is 698. The number of anilines is 2. The average Bonchev–Trinajstić information content (AvgIpc) is 2.74. The van der Waals surface area contributed by atoms with Crippen molar-refractivity contribution in [2.45, 2.75) is 4.90 Å². The van der Waals surface area contributed by atoms with Crippen LogP contribution < -0.4 is 16.0 Å². The lowest BCUT2D eigenvalue weighted by molar-refractivity contribution is 0.601. The van der Waals surface area contributed by atoms with Crippen LogP contribution in [0.5, 0.6) is 0 Å². The van der Waals surface area contributed by atoms with Crippen molar-refractivity contribution in [2.24, 2.45) is 12.9 Å². The molecule has 10 heteroatoms. The van der Waals surface area contributed by atoms with Gasteiger partial charge in [0, 0.05) is 23.9 Å². The fourth-order valence-electron chi connectivity index (χ4n) is 1.42. The zero-order chi connectivity index (χ0) is 14.0. The fourth-order valence-corrected chi connectivity index (χ4v) is 3.07. The highest BCUT2D eigenvalue weighted by atomic mass is 79.9. The molecule has 2 rings (SSSR count). The third-order valence-electron chi connectivity index (χ3n) is 2.20. The predicted molar refractivity (Wildman–Crippen MR) is 73.8 cm³/mol. The van der Waals surface area contributed by atoms with E-state index in [1.807, 2.05) is 0 Å². The first kappa shape index (κ1) is 13.8.